The molecule has 0 heterocycles. The summed E-state index contributed by atoms with van der Waals surface area (Å²) in [6.45, 7) is 2.68. The molecule has 0 aromatic carbocycles. The minimum absolute atomic E-state index is 0.725. The molecule has 7 heavy (non-hydrogen) atoms. The van der Waals surface area contributed by atoms with Gasteiger partial charge in [0.1, 0.15) is 0 Å². The van der Waals surface area contributed by atoms with Gasteiger partial charge in [-0.1, -0.05) is 6.30 Å². The van der Waals surface area contributed by atoms with Crippen molar-refractivity contribution in [3.05, 3.63) is 0 Å². The summed E-state index contributed by atoms with van der Waals surface area (Å²) < 4.78 is 3.61. The zero-order valence-corrected chi connectivity index (χ0v) is 5.15. The number of hydrogen-bond donors (Lipinski definition) is 0. The summed E-state index contributed by atoms with van der Waals surface area (Å²) in [6, 6.07) is 2.46. The molecule has 0 aliphatic rings. The van der Waals surface area contributed by atoms with Crippen LogP contribution >= 0.6 is 8.35 Å². The minimum atomic E-state index is 0.725. The van der Waals surface area contributed by atoms with Gasteiger partial charge in [-0.15, -0.1) is 0 Å². The Morgan fingerprint density at radius 3 is 3.00 bits per heavy atom. The molecular formula is C4H7N2P. The van der Waals surface area contributed by atoms with Crippen LogP contribution in [0.3, 0.4) is 0 Å². The second-order valence-corrected chi connectivity index (χ2v) is 1.30. The molecule has 0 aliphatic heterocycles. The van der Waals surface area contributed by atoms with Gasteiger partial charge in [0.05, 0.1) is 6.01 Å². The van der Waals surface area contributed by atoms with Gasteiger partial charge in [0.25, 0.3) is 0 Å². The normalized spacial score (nSPS) is 7.57. The van der Waals surface area contributed by atoms with Crippen LogP contribution in [0.15, 0.2) is 9.76 Å². The number of hydrogen-bond acceptors (Lipinski definition) is 2. The summed E-state index contributed by atoms with van der Waals surface area (Å²) in [4.78, 5) is 3.70. The summed E-state index contributed by atoms with van der Waals surface area (Å²) in [5.74, 6) is 0. The van der Waals surface area contributed by atoms with Crippen molar-refractivity contribution in [1.82, 2.24) is 0 Å². The second-order valence-electron chi connectivity index (χ2n) is 0.816. The Kier molecular flexibility index (Phi) is 5.19. The van der Waals surface area contributed by atoms with Crippen molar-refractivity contribution in [1.29, 1.82) is 0 Å². The average Bonchev–Trinajstić information content (AvgIpc) is 1.69. The first kappa shape index (κ1) is 6.55. The Hall–Kier alpha value is -0.450. The van der Waals surface area contributed by atoms with Crippen molar-refractivity contribution in [3.63, 3.8) is 0 Å². The van der Waals surface area contributed by atoms with E-state index in [9.17, 15) is 0 Å². The predicted molar refractivity (Wildman–Crippen MR) is 34.4 cm³/mol. The van der Waals surface area contributed by atoms with E-state index < -0.39 is 0 Å². The number of nitrogens with zero attached hydrogens (tertiary/aromatic N) is 2. The number of aliphatic imine (C=N–C) groups is 1. The minimum Gasteiger partial charge on any atom is -0.225 e. The quantitative estimate of drug-likeness (QED) is 0.383. The summed E-state index contributed by atoms with van der Waals surface area (Å²) in [7, 11) is 0.725. The van der Waals surface area contributed by atoms with Crippen LogP contribution in [-0.4, -0.2) is 18.9 Å². The first-order valence-electron chi connectivity index (χ1n) is 1.99. The molecule has 0 rings (SSSR count). The molecule has 0 bridgehead atoms. The molecule has 0 spiro atoms. The molecule has 0 aliphatic carbocycles. The average molecular weight is 114 g/mol. The van der Waals surface area contributed by atoms with E-state index in [-0.39, 0.29) is 0 Å². The third-order valence-corrected chi connectivity index (χ3v) is 0.575. The van der Waals surface area contributed by atoms with Gasteiger partial charge in [0, 0.05) is 14.9 Å². The van der Waals surface area contributed by atoms with Gasteiger partial charge in [0.2, 0.25) is 0 Å². The van der Waals surface area contributed by atoms with Crippen molar-refractivity contribution in [2.75, 3.05) is 6.54 Å². The van der Waals surface area contributed by atoms with Crippen LogP contribution in [0.25, 0.3) is 0 Å². The molecule has 0 aromatic rings. The predicted octanol–water partition coefficient (Wildman–Crippen LogP) is 1.47. The van der Waals surface area contributed by atoms with Crippen molar-refractivity contribution in [2.24, 2.45) is 9.76 Å². The molecule has 0 radical (unpaired) electrons. The van der Waals surface area contributed by atoms with Crippen LogP contribution in [0, 0.1) is 0 Å². The maximum absolute atomic E-state index is 3.70. The maximum atomic E-state index is 3.70. The van der Waals surface area contributed by atoms with Crippen molar-refractivity contribution >= 4 is 20.7 Å². The van der Waals surface area contributed by atoms with Gasteiger partial charge in [-0.2, -0.15) is 4.76 Å². The Morgan fingerprint density at radius 1 is 1.86 bits per heavy atom. The van der Waals surface area contributed by atoms with E-state index in [1.54, 1.807) is 0 Å². The van der Waals surface area contributed by atoms with Crippen molar-refractivity contribution in [2.45, 2.75) is 6.92 Å². The van der Waals surface area contributed by atoms with Crippen LogP contribution in [0.4, 0.5) is 0 Å². The summed E-state index contributed by atoms with van der Waals surface area (Å²) >= 11 is 0. The van der Waals surface area contributed by atoms with E-state index in [0.717, 1.165) is 14.9 Å². The van der Waals surface area contributed by atoms with Crippen LogP contribution in [0.2, 0.25) is 0 Å². The lowest BCUT2D eigenvalue weighted by Crippen LogP contribution is -1.59. The molecule has 0 amide bonds. The van der Waals surface area contributed by atoms with E-state index in [1.165, 1.54) is 0 Å². The van der Waals surface area contributed by atoms with Gasteiger partial charge in [-0.05, 0) is 6.92 Å². The molecule has 0 atom stereocenters. The fraction of sp³-hybridized carbons (Fsp3) is 0.500. The van der Waals surface area contributed by atoms with Crippen molar-refractivity contribution < 1.29 is 0 Å². The van der Waals surface area contributed by atoms with E-state index in [0.29, 0.717) is 0 Å². The maximum Gasteiger partial charge on any atom is 0.0986 e. The highest BCUT2D eigenvalue weighted by molar-refractivity contribution is 7.35. The van der Waals surface area contributed by atoms with Gasteiger partial charge in [0.15, 0.2) is 0 Å². The van der Waals surface area contributed by atoms with Gasteiger partial charge in [-0.3, -0.25) is 0 Å². The molecule has 38 valence electrons. The lowest BCUT2D eigenvalue weighted by Gasteiger charge is -1.64. The lowest BCUT2D eigenvalue weighted by molar-refractivity contribution is 1.14. The highest BCUT2D eigenvalue weighted by Crippen LogP contribution is 1.84. The van der Waals surface area contributed by atoms with E-state index in [1.807, 2.05) is 6.92 Å². The third kappa shape index (κ3) is 5.55. The summed E-state index contributed by atoms with van der Waals surface area (Å²) in [5, 5.41) is 0. The van der Waals surface area contributed by atoms with Crippen LogP contribution in [0.1, 0.15) is 6.92 Å². The Labute approximate surface area is 44.9 Å². The topological polar surface area (TPSA) is 24.7 Å². The molecule has 0 aromatic heterocycles. The zero-order chi connectivity index (χ0) is 5.54. The zero-order valence-electron chi connectivity index (χ0n) is 4.26. The lowest BCUT2D eigenvalue weighted by atomic mass is 10.8. The van der Waals surface area contributed by atoms with E-state index >= 15 is 0 Å². The van der Waals surface area contributed by atoms with Crippen LogP contribution in [-0.2, 0) is 0 Å². The van der Waals surface area contributed by atoms with Crippen LogP contribution in [0.5, 0.6) is 0 Å². The first-order chi connectivity index (χ1) is 3.41. The van der Waals surface area contributed by atoms with Gasteiger partial charge < -0.3 is 0 Å². The molecule has 0 saturated heterocycles. The fourth-order valence-corrected chi connectivity index (χ4v) is 0.260. The Balaban J connectivity index is 3.40. The second kappa shape index (κ2) is 5.55. The van der Waals surface area contributed by atoms with Gasteiger partial charge in [-0.25, -0.2) is 4.99 Å². The van der Waals surface area contributed by atoms with Crippen LogP contribution < -0.4 is 0 Å². The smallest absolute Gasteiger partial charge is 0.0986 e. The third-order valence-electron chi connectivity index (χ3n) is 0.344. The summed E-state index contributed by atoms with van der Waals surface area (Å²) in [6.07, 6.45) is 3.44. The van der Waals surface area contributed by atoms with E-state index in [2.05, 4.69) is 22.1 Å². The fourth-order valence-electron chi connectivity index (χ4n) is 0.134. The molecule has 2 nitrogen and oxygen atoms in total. The first-order valence-corrected chi connectivity index (χ1v) is 3.02. The Morgan fingerprint density at radius 2 is 2.57 bits per heavy atom. The molecule has 0 saturated carbocycles. The monoisotopic (exact) mass is 114 g/mol. The summed E-state index contributed by atoms with van der Waals surface area (Å²) in [5.41, 5.74) is 0. The number of rotatable bonds is 2. The largest absolute Gasteiger partial charge is 0.225 e. The molecule has 3 heteroatoms. The highest BCUT2D eigenvalue weighted by Gasteiger charge is 1.54. The standard InChI is InChI=1S/C4H7N2P/c1-3-5-4-6-7-2/h2-3H2,1H3. The highest BCUT2D eigenvalue weighted by atomic mass is 31.1. The molecular weight excluding hydrogens is 107 g/mol. The van der Waals surface area contributed by atoms with Gasteiger partial charge >= 0.3 is 0 Å². The Bertz CT molecular complexity index is 102. The molecule has 0 fully saturated rings. The van der Waals surface area contributed by atoms with Crippen molar-refractivity contribution in [3.8, 4) is 0 Å². The van der Waals surface area contributed by atoms with E-state index in [4.69, 9.17) is 0 Å². The molecule has 0 unspecified atom stereocenters. The molecule has 0 N–H and O–H groups in total. The SMILES string of the molecule is C=PN=C=NCC.